The van der Waals surface area contributed by atoms with Gasteiger partial charge >= 0.3 is 0 Å². The predicted octanol–water partition coefficient (Wildman–Crippen LogP) is 8.21. The van der Waals surface area contributed by atoms with E-state index >= 15 is 0 Å². The second-order valence-corrected chi connectivity index (χ2v) is 21.1. The van der Waals surface area contributed by atoms with Gasteiger partial charge in [0, 0.05) is 11.4 Å². The topological polar surface area (TPSA) is 12.0 Å². The fraction of sp³-hybridized carbons (Fsp3) is 0.600. The molecule has 1 nitrogen and oxygen atoms in total. The third-order valence-corrected chi connectivity index (χ3v) is 16.8. The molecule has 3 heteroatoms. The van der Waals surface area contributed by atoms with Gasteiger partial charge in [0.05, 0.1) is 16.9 Å². The van der Waals surface area contributed by atoms with Crippen LogP contribution in [0.3, 0.4) is 0 Å². The summed E-state index contributed by atoms with van der Waals surface area (Å²) in [6.07, 6.45) is 0. The summed E-state index contributed by atoms with van der Waals surface area (Å²) in [5.41, 5.74) is 5.60. The van der Waals surface area contributed by atoms with Gasteiger partial charge in [-0.25, -0.2) is 0 Å². The lowest BCUT2D eigenvalue weighted by Gasteiger charge is -2.31. The van der Waals surface area contributed by atoms with Crippen LogP contribution < -0.4 is 15.7 Å². The molecule has 0 aromatic heterocycles. The van der Waals surface area contributed by atoms with Crippen molar-refractivity contribution in [3.63, 3.8) is 0 Å². The average molecular weight is 482 g/mol. The zero-order valence-electron chi connectivity index (χ0n) is 23.6. The summed E-state index contributed by atoms with van der Waals surface area (Å²) < 4.78 is 0. The maximum Gasteiger partial charge on any atom is 0.0860 e. The van der Waals surface area contributed by atoms with Crippen molar-refractivity contribution < 1.29 is 0 Å². The first-order chi connectivity index (χ1) is 15.3. The van der Waals surface area contributed by atoms with E-state index in [1.54, 1.807) is 10.4 Å². The zero-order valence-corrected chi connectivity index (χ0v) is 25.7. The van der Waals surface area contributed by atoms with Crippen molar-refractivity contribution in [2.45, 2.75) is 117 Å². The Kier molecular flexibility index (Phi) is 9.26. The molecule has 2 rings (SSSR count). The fourth-order valence-corrected chi connectivity index (χ4v) is 11.3. The maximum absolute atomic E-state index is 3.90. The lowest BCUT2D eigenvalue weighted by molar-refractivity contribution is 0.569. The molecule has 0 unspecified atom stereocenters. The standard InChI is InChI=1S/C30H51NSi2/c1-12-32(13-2)27-20-26(21-28(22-27)33(14-3,15-4)16-5)31-25-18-23(29(6,7)8)17-24(19-25)30(9,10)11/h17-22,31-32H,12-16H2,1-11H3. The molecule has 1 N–H and O–H groups in total. The van der Waals surface area contributed by atoms with Crippen LogP contribution in [-0.4, -0.2) is 16.9 Å². The van der Waals surface area contributed by atoms with Crippen molar-refractivity contribution >= 4 is 38.6 Å². The minimum Gasteiger partial charge on any atom is -0.356 e. The molecule has 0 atom stereocenters. The Morgan fingerprint density at radius 3 is 1.48 bits per heavy atom. The molecule has 0 aliphatic carbocycles. The smallest absolute Gasteiger partial charge is 0.0860 e. The molecule has 0 radical (unpaired) electrons. The molecule has 33 heavy (non-hydrogen) atoms. The van der Waals surface area contributed by atoms with Crippen molar-refractivity contribution in [3.8, 4) is 0 Å². The summed E-state index contributed by atoms with van der Waals surface area (Å²) in [7, 11) is -2.36. The van der Waals surface area contributed by atoms with E-state index in [2.05, 4.69) is 118 Å². The van der Waals surface area contributed by atoms with Gasteiger partial charge in [0.25, 0.3) is 0 Å². The number of hydrogen-bond donors (Lipinski definition) is 1. The van der Waals surface area contributed by atoms with Crippen LogP contribution in [0.5, 0.6) is 0 Å². The first kappa shape index (κ1) is 27.9. The van der Waals surface area contributed by atoms with E-state index in [9.17, 15) is 0 Å². The van der Waals surface area contributed by atoms with Crippen LogP contribution >= 0.6 is 0 Å². The van der Waals surface area contributed by atoms with E-state index in [1.807, 2.05) is 0 Å². The van der Waals surface area contributed by atoms with Gasteiger partial charge in [-0.05, 0) is 46.2 Å². The molecule has 0 amide bonds. The van der Waals surface area contributed by atoms with Gasteiger partial charge in [-0.3, -0.25) is 0 Å². The highest BCUT2D eigenvalue weighted by Crippen LogP contribution is 2.33. The van der Waals surface area contributed by atoms with Gasteiger partial charge in [0.15, 0.2) is 0 Å². The molecule has 0 saturated carbocycles. The average Bonchev–Trinajstić information content (AvgIpc) is 2.75. The molecule has 0 saturated heterocycles. The van der Waals surface area contributed by atoms with Crippen molar-refractivity contribution in [1.29, 1.82) is 0 Å². The third kappa shape index (κ3) is 6.63. The monoisotopic (exact) mass is 481 g/mol. The molecule has 0 bridgehead atoms. The Morgan fingerprint density at radius 1 is 0.636 bits per heavy atom. The third-order valence-electron chi connectivity index (χ3n) is 8.01. The minimum absolute atomic E-state index is 0.127. The summed E-state index contributed by atoms with van der Waals surface area (Å²) in [4.78, 5) is 0. The Morgan fingerprint density at radius 2 is 1.09 bits per heavy atom. The van der Waals surface area contributed by atoms with E-state index in [1.165, 1.54) is 52.7 Å². The van der Waals surface area contributed by atoms with Gasteiger partial charge in [-0.2, -0.15) is 0 Å². The van der Waals surface area contributed by atoms with Crippen molar-refractivity contribution in [3.05, 3.63) is 47.5 Å². The zero-order chi connectivity index (χ0) is 25.0. The Balaban J connectivity index is 2.67. The van der Waals surface area contributed by atoms with E-state index < -0.39 is 16.9 Å². The number of rotatable bonds is 9. The Labute approximate surface area is 208 Å². The molecule has 0 aliphatic heterocycles. The SMILES string of the molecule is CC[SiH](CC)c1cc(Nc2cc(C(C)(C)C)cc(C(C)(C)C)c2)cc([Si](CC)(CC)CC)c1. The first-order valence-electron chi connectivity index (χ1n) is 13.4. The number of benzene rings is 2. The van der Waals surface area contributed by atoms with Crippen LogP contribution in [0, 0.1) is 0 Å². The largest absolute Gasteiger partial charge is 0.356 e. The molecule has 0 heterocycles. The van der Waals surface area contributed by atoms with E-state index in [-0.39, 0.29) is 10.8 Å². The second kappa shape index (κ2) is 10.9. The summed E-state index contributed by atoms with van der Waals surface area (Å²) in [5.74, 6) is 0. The quantitative estimate of drug-likeness (QED) is 0.356. The Bertz CT molecular complexity index is 869. The van der Waals surface area contributed by atoms with Crippen molar-refractivity contribution in [1.82, 2.24) is 0 Å². The van der Waals surface area contributed by atoms with Crippen LogP contribution in [0.4, 0.5) is 11.4 Å². The summed E-state index contributed by atoms with van der Waals surface area (Å²) in [6.45, 7) is 26.0. The Hall–Kier alpha value is -1.33. The number of anilines is 2. The van der Waals surface area contributed by atoms with Crippen molar-refractivity contribution in [2.75, 3.05) is 5.32 Å². The normalized spacial score (nSPS) is 13.0. The van der Waals surface area contributed by atoms with E-state index in [0.717, 1.165) is 0 Å². The van der Waals surface area contributed by atoms with Gasteiger partial charge in [-0.15, -0.1) is 0 Å². The van der Waals surface area contributed by atoms with Crippen LogP contribution in [0.2, 0.25) is 30.2 Å². The van der Waals surface area contributed by atoms with Gasteiger partial charge < -0.3 is 5.32 Å². The molecule has 2 aromatic rings. The van der Waals surface area contributed by atoms with E-state index in [4.69, 9.17) is 0 Å². The van der Waals surface area contributed by atoms with Gasteiger partial charge in [-0.1, -0.05) is 129 Å². The molecular formula is C30H51NSi2. The van der Waals surface area contributed by atoms with Crippen LogP contribution in [0.25, 0.3) is 0 Å². The van der Waals surface area contributed by atoms with E-state index in [0.29, 0.717) is 0 Å². The fourth-order valence-electron chi connectivity index (χ4n) is 5.12. The van der Waals surface area contributed by atoms with Gasteiger partial charge in [0.2, 0.25) is 0 Å². The highest BCUT2D eigenvalue weighted by Gasteiger charge is 2.30. The maximum atomic E-state index is 3.90. The number of hydrogen-bond acceptors (Lipinski definition) is 1. The van der Waals surface area contributed by atoms with Crippen LogP contribution in [-0.2, 0) is 10.8 Å². The van der Waals surface area contributed by atoms with Crippen molar-refractivity contribution in [2.24, 2.45) is 0 Å². The van der Waals surface area contributed by atoms with Crippen LogP contribution in [0.1, 0.15) is 87.3 Å². The second-order valence-electron chi connectivity index (χ2n) is 12.1. The van der Waals surface area contributed by atoms with Crippen LogP contribution in [0.15, 0.2) is 36.4 Å². The predicted molar refractivity (Wildman–Crippen MR) is 158 cm³/mol. The van der Waals surface area contributed by atoms with Gasteiger partial charge in [0.1, 0.15) is 0 Å². The molecule has 0 spiro atoms. The summed E-state index contributed by atoms with van der Waals surface area (Å²) in [5, 5.41) is 7.24. The highest BCUT2D eigenvalue weighted by molar-refractivity contribution is 6.92. The minimum atomic E-state index is -1.44. The molecule has 0 aliphatic rings. The highest BCUT2D eigenvalue weighted by atomic mass is 28.3. The molecule has 184 valence electrons. The summed E-state index contributed by atoms with van der Waals surface area (Å²) in [6, 6.07) is 21.5. The lowest BCUT2D eigenvalue weighted by atomic mass is 9.80. The summed E-state index contributed by atoms with van der Waals surface area (Å²) >= 11 is 0. The lowest BCUT2D eigenvalue weighted by Crippen LogP contribution is -2.48. The number of nitrogens with one attached hydrogen (secondary N) is 1. The first-order valence-corrected chi connectivity index (χ1v) is 18.2. The molecule has 0 fully saturated rings. The molecular weight excluding hydrogens is 431 g/mol. The molecule has 2 aromatic carbocycles.